The van der Waals surface area contributed by atoms with E-state index < -0.39 is 10.0 Å². The molecule has 0 radical (unpaired) electrons. The first-order chi connectivity index (χ1) is 9.10. The number of hydrogen-bond acceptors (Lipinski definition) is 3. The summed E-state index contributed by atoms with van der Waals surface area (Å²) in [5, 5.41) is 1.09. The number of benzene rings is 1. The lowest BCUT2D eigenvalue weighted by molar-refractivity contribution is 0.589. The maximum Gasteiger partial charge on any atom is 0.268 e. The van der Waals surface area contributed by atoms with Crippen LogP contribution in [0.4, 0.5) is 0 Å². The average Bonchev–Trinajstić information content (AvgIpc) is 2.86. The summed E-state index contributed by atoms with van der Waals surface area (Å²) >= 11 is 6.00. The van der Waals surface area contributed by atoms with Gasteiger partial charge >= 0.3 is 0 Å². The van der Waals surface area contributed by atoms with E-state index in [1.54, 1.807) is 36.4 Å². The minimum atomic E-state index is -3.62. The molecule has 4 nitrogen and oxygen atoms in total. The van der Waals surface area contributed by atoms with Crippen molar-refractivity contribution in [2.75, 3.05) is 0 Å². The van der Waals surface area contributed by atoms with Crippen LogP contribution in [-0.4, -0.2) is 17.4 Å². The first-order valence-electron chi connectivity index (χ1n) is 5.52. The van der Waals surface area contributed by atoms with E-state index in [2.05, 4.69) is 4.98 Å². The zero-order valence-electron chi connectivity index (χ0n) is 9.69. The molecule has 0 aliphatic carbocycles. The summed E-state index contributed by atoms with van der Waals surface area (Å²) in [7, 11) is -3.62. The molecule has 0 fully saturated rings. The molecule has 96 valence electrons. The van der Waals surface area contributed by atoms with E-state index in [4.69, 9.17) is 11.6 Å². The predicted molar refractivity (Wildman–Crippen MR) is 73.8 cm³/mol. The van der Waals surface area contributed by atoms with Crippen molar-refractivity contribution in [2.24, 2.45) is 0 Å². The second-order valence-corrected chi connectivity index (χ2v) is 6.21. The van der Waals surface area contributed by atoms with Crippen LogP contribution < -0.4 is 0 Å². The maximum absolute atomic E-state index is 12.5. The molecule has 0 unspecified atom stereocenters. The Balaban J connectivity index is 2.29. The number of nitrogens with zero attached hydrogens (tertiary/aromatic N) is 2. The molecule has 3 rings (SSSR count). The molecule has 0 saturated carbocycles. The Morgan fingerprint density at radius 3 is 2.53 bits per heavy atom. The van der Waals surface area contributed by atoms with Crippen molar-refractivity contribution in [3.8, 4) is 0 Å². The molecule has 1 aromatic carbocycles. The van der Waals surface area contributed by atoms with Crippen LogP contribution in [0.1, 0.15) is 0 Å². The van der Waals surface area contributed by atoms with E-state index in [0.717, 1.165) is 0 Å². The fourth-order valence-electron chi connectivity index (χ4n) is 1.91. The summed E-state index contributed by atoms with van der Waals surface area (Å²) in [5.74, 6) is 0. The van der Waals surface area contributed by atoms with Gasteiger partial charge in [-0.3, -0.25) is 4.98 Å². The third-order valence-corrected chi connectivity index (χ3v) is 4.84. The van der Waals surface area contributed by atoms with Crippen molar-refractivity contribution < 1.29 is 8.42 Å². The third kappa shape index (κ3) is 1.91. The average molecular weight is 293 g/mol. The van der Waals surface area contributed by atoms with Gasteiger partial charge in [-0.05, 0) is 18.2 Å². The zero-order chi connectivity index (χ0) is 13.5. The Morgan fingerprint density at radius 1 is 1.05 bits per heavy atom. The monoisotopic (exact) mass is 292 g/mol. The summed E-state index contributed by atoms with van der Waals surface area (Å²) < 4.78 is 26.2. The maximum atomic E-state index is 12.5. The standard InChI is InChI=1S/C13H9ClN2O2S/c14-12-8-15-9-13-11(12)6-7-16(13)19(17,18)10-4-2-1-3-5-10/h1-9H. The first kappa shape index (κ1) is 12.2. The van der Waals surface area contributed by atoms with E-state index in [1.165, 1.54) is 22.6 Å². The van der Waals surface area contributed by atoms with Crippen LogP contribution >= 0.6 is 11.6 Å². The highest BCUT2D eigenvalue weighted by Gasteiger charge is 2.19. The highest BCUT2D eigenvalue weighted by molar-refractivity contribution is 7.90. The zero-order valence-corrected chi connectivity index (χ0v) is 11.3. The highest BCUT2D eigenvalue weighted by Crippen LogP contribution is 2.26. The second kappa shape index (κ2) is 4.36. The largest absolute Gasteiger partial charge is 0.268 e. The number of halogens is 1. The highest BCUT2D eigenvalue weighted by atomic mass is 35.5. The molecule has 2 heterocycles. The molecule has 0 spiro atoms. The molecular weight excluding hydrogens is 284 g/mol. The summed E-state index contributed by atoms with van der Waals surface area (Å²) in [5.41, 5.74) is 0.469. The van der Waals surface area contributed by atoms with Crippen LogP contribution in [0.3, 0.4) is 0 Å². The molecule has 0 aliphatic rings. The van der Waals surface area contributed by atoms with Gasteiger partial charge in [-0.25, -0.2) is 12.4 Å². The number of hydrogen-bond donors (Lipinski definition) is 0. The molecule has 2 aromatic heterocycles. The normalized spacial score (nSPS) is 11.8. The van der Waals surface area contributed by atoms with Crippen molar-refractivity contribution in [3.05, 3.63) is 60.0 Å². The molecule has 0 aliphatic heterocycles. The number of rotatable bonds is 2. The Labute approximate surface area is 115 Å². The van der Waals surface area contributed by atoms with Gasteiger partial charge in [0.2, 0.25) is 0 Å². The van der Waals surface area contributed by atoms with Gasteiger partial charge in [0.15, 0.2) is 0 Å². The summed E-state index contributed by atoms with van der Waals surface area (Å²) in [6.07, 6.45) is 4.46. The van der Waals surface area contributed by atoms with Gasteiger partial charge in [0, 0.05) is 17.8 Å². The molecular formula is C13H9ClN2O2S. The lowest BCUT2D eigenvalue weighted by atomic mass is 10.3. The van der Waals surface area contributed by atoms with Crippen LogP contribution in [0.2, 0.25) is 5.02 Å². The van der Waals surface area contributed by atoms with Gasteiger partial charge in [0.1, 0.15) is 0 Å². The number of fused-ring (bicyclic) bond motifs is 1. The summed E-state index contributed by atoms with van der Waals surface area (Å²) in [4.78, 5) is 4.16. The van der Waals surface area contributed by atoms with Crippen LogP contribution in [-0.2, 0) is 10.0 Å². The second-order valence-electron chi connectivity index (χ2n) is 3.98. The Kier molecular flexibility index (Phi) is 2.80. The summed E-state index contributed by atoms with van der Waals surface area (Å²) in [6, 6.07) is 9.91. The van der Waals surface area contributed by atoms with Crippen LogP contribution in [0.5, 0.6) is 0 Å². The molecule has 0 atom stereocenters. The molecule has 0 saturated heterocycles. The van der Waals surface area contributed by atoms with Crippen molar-refractivity contribution >= 4 is 32.5 Å². The summed E-state index contributed by atoms with van der Waals surface area (Å²) in [6.45, 7) is 0. The fourth-order valence-corrected chi connectivity index (χ4v) is 3.48. The minimum Gasteiger partial charge on any atom is -0.261 e. The lowest BCUT2D eigenvalue weighted by Gasteiger charge is -2.07. The van der Waals surface area contributed by atoms with E-state index >= 15 is 0 Å². The van der Waals surface area contributed by atoms with E-state index in [1.807, 2.05) is 0 Å². The third-order valence-electron chi connectivity index (χ3n) is 2.83. The van der Waals surface area contributed by atoms with Gasteiger partial charge < -0.3 is 0 Å². The molecule has 0 bridgehead atoms. The number of pyridine rings is 1. The first-order valence-corrected chi connectivity index (χ1v) is 7.34. The number of aromatic nitrogens is 2. The van der Waals surface area contributed by atoms with Gasteiger partial charge in [-0.1, -0.05) is 29.8 Å². The predicted octanol–water partition coefficient (Wildman–Crippen LogP) is 2.93. The lowest BCUT2D eigenvalue weighted by Crippen LogP contribution is -2.11. The molecule has 3 aromatic rings. The van der Waals surface area contributed by atoms with Crippen molar-refractivity contribution in [1.82, 2.24) is 8.96 Å². The van der Waals surface area contributed by atoms with Crippen LogP contribution in [0.15, 0.2) is 59.9 Å². The molecule has 19 heavy (non-hydrogen) atoms. The van der Waals surface area contributed by atoms with Crippen molar-refractivity contribution in [3.63, 3.8) is 0 Å². The topological polar surface area (TPSA) is 52.0 Å². The molecule has 0 N–H and O–H groups in total. The Morgan fingerprint density at radius 2 is 1.79 bits per heavy atom. The Hall–Kier alpha value is -1.85. The SMILES string of the molecule is O=S(=O)(c1ccccc1)n1ccc2c(Cl)cncc21. The van der Waals surface area contributed by atoms with Crippen LogP contribution in [0.25, 0.3) is 10.9 Å². The van der Waals surface area contributed by atoms with Gasteiger partial charge in [0.05, 0.1) is 21.6 Å². The minimum absolute atomic E-state index is 0.229. The van der Waals surface area contributed by atoms with E-state index in [0.29, 0.717) is 15.9 Å². The Bertz CT molecular complexity index is 841. The van der Waals surface area contributed by atoms with Gasteiger partial charge in [-0.15, -0.1) is 0 Å². The smallest absolute Gasteiger partial charge is 0.261 e. The van der Waals surface area contributed by atoms with Crippen molar-refractivity contribution in [2.45, 2.75) is 4.90 Å². The van der Waals surface area contributed by atoms with Gasteiger partial charge in [0.25, 0.3) is 10.0 Å². The van der Waals surface area contributed by atoms with E-state index in [-0.39, 0.29) is 4.90 Å². The molecule has 0 amide bonds. The fraction of sp³-hybridized carbons (Fsp3) is 0. The van der Waals surface area contributed by atoms with Gasteiger partial charge in [-0.2, -0.15) is 0 Å². The molecule has 6 heteroatoms. The van der Waals surface area contributed by atoms with Crippen molar-refractivity contribution in [1.29, 1.82) is 0 Å². The van der Waals surface area contributed by atoms with E-state index in [9.17, 15) is 8.42 Å². The quantitative estimate of drug-likeness (QED) is 0.730. The van der Waals surface area contributed by atoms with Crippen LogP contribution in [0, 0.1) is 0 Å².